The minimum atomic E-state index is 0. The van der Waals surface area contributed by atoms with E-state index in [1.165, 1.54) is 103 Å². The maximum atomic E-state index is 5.03. The summed E-state index contributed by atoms with van der Waals surface area (Å²) in [6, 6.07) is 1.83. The fourth-order valence-corrected chi connectivity index (χ4v) is 12.0. The average molecular weight is 733 g/mol. The van der Waals surface area contributed by atoms with Crippen LogP contribution in [0.3, 0.4) is 0 Å². The van der Waals surface area contributed by atoms with Crippen molar-refractivity contribution in [2.75, 3.05) is 0 Å². The van der Waals surface area contributed by atoms with Gasteiger partial charge in [0.2, 0.25) is 0 Å². The fraction of sp³-hybridized carbons (Fsp3) is 0.947. The van der Waals surface area contributed by atoms with E-state index in [4.69, 9.17) is 11.5 Å². The van der Waals surface area contributed by atoms with E-state index in [-0.39, 0.29) is 17.1 Å². The van der Waals surface area contributed by atoms with Crippen molar-refractivity contribution in [3.05, 3.63) is 12.1 Å². The van der Waals surface area contributed by atoms with Crippen LogP contribution in [0.5, 0.6) is 0 Å². The molecule has 49 heavy (non-hydrogen) atoms. The van der Waals surface area contributed by atoms with Crippen molar-refractivity contribution in [2.24, 2.45) is 58.8 Å². The van der Waals surface area contributed by atoms with Gasteiger partial charge in [0.15, 0.2) is 0 Å². The Morgan fingerprint density at radius 1 is 0.306 bits per heavy atom. The molecule has 8 atom stereocenters. The van der Waals surface area contributed by atoms with Crippen LogP contribution in [0.15, 0.2) is 0 Å². The van der Waals surface area contributed by atoms with Gasteiger partial charge in [-0.25, -0.2) is 0 Å². The van der Waals surface area contributed by atoms with E-state index >= 15 is 0 Å². The van der Waals surface area contributed by atoms with Crippen LogP contribution in [0.1, 0.15) is 130 Å². The third-order valence-electron chi connectivity index (χ3n) is 13.8. The molecule has 4 saturated carbocycles. The summed E-state index contributed by atoms with van der Waals surface area (Å²) in [6.07, 6.45) is 25.6. The van der Waals surface area contributed by atoms with Gasteiger partial charge >= 0.3 is 17.1 Å². The van der Waals surface area contributed by atoms with E-state index < -0.39 is 0 Å². The van der Waals surface area contributed by atoms with E-state index in [1.54, 1.807) is 0 Å². The molecule has 0 aromatic heterocycles. The van der Waals surface area contributed by atoms with Gasteiger partial charge in [0.1, 0.15) is 0 Å². The Bertz CT molecular complexity index is 799. The predicted octanol–water partition coefficient (Wildman–Crippen LogP) is 3.64. The van der Waals surface area contributed by atoms with Crippen LogP contribution in [0.4, 0.5) is 0 Å². The molecule has 8 bridgehead atoms. The summed E-state index contributed by atoms with van der Waals surface area (Å²) >= 11 is 0. The Morgan fingerprint density at radius 3 is 0.510 bits per heavy atom. The normalized spacial score (nSPS) is 48.5. The van der Waals surface area contributed by atoms with Crippen LogP contribution >= 0.6 is 0 Å². The van der Waals surface area contributed by atoms with Crippen molar-refractivity contribution >= 4 is 0 Å². The molecule has 9 aliphatic rings. The van der Waals surface area contributed by atoms with Crippen LogP contribution < -0.4 is 54.0 Å². The van der Waals surface area contributed by atoms with Gasteiger partial charge in [-0.1, -0.05) is 51.4 Å². The molecule has 5 saturated heterocycles. The largest absolute Gasteiger partial charge is 2.00 e. The molecule has 0 aromatic rings. The molecule has 8 unspecified atom stereocenters. The predicted molar refractivity (Wildman–Crippen MR) is 195 cm³/mol. The van der Waals surface area contributed by atoms with Crippen molar-refractivity contribution in [3.8, 4) is 0 Å². The second-order valence-corrected chi connectivity index (χ2v) is 17.8. The van der Waals surface area contributed by atoms with E-state index in [2.05, 4.69) is 42.5 Å². The zero-order valence-corrected chi connectivity index (χ0v) is 31.9. The summed E-state index contributed by atoms with van der Waals surface area (Å²) in [7, 11) is 0. The maximum absolute atomic E-state index is 5.03. The minimum absolute atomic E-state index is 0. The smallest absolute Gasteiger partial charge is 0.481 e. The standard InChI is InChI=1S/C32H56N8.2C3H8N.Cu/c1-2-10-18-17(9-1)25-33-26(18)38-28-21-13-5-6-14-22(21)30(35-28)40-32-24-16-8-7-15-23(24)31(36-32)39-29-20-12-4-3-11-19(20)27(34-29)37-25;2*1-3(2)4;/h17-40H,1-16H2;2*4H2,1-2H3;/q;2*-1;+2. The summed E-state index contributed by atoms with van der Waals surface area (Å²) in [6.45, 7) is 7.44. The maximum Gasteiger partial charge on any atom is 2.00 e. The molecule has 0 aromatic carbocycles. The number of hydrogen-bond donors (Lipinski definition) is 10. The Labute approximate surface area is 309 Å². The summed E-state index contributed by atoms with van der Waals surface area (Å²) < 4.78 is 0. The zero-order chi connectivity index (χ0) is 33.4. The van der Waals surface area contributed by atoms with Crippen LogP contribution in [0, 0.1) is 59.4 Å². The number of nitrogens with two attached hydrogens (primary N) is 2. The Hall–Kier alpha value is 0.119. The van der Waals surface area contributed by atoms with Crippen LogP contribution in [0.2, 0.25) is 0 Å². The van der Waals surface area contributed by atoms with E-state index in [9.17, 15) is 0 Å². The molecule has 5 heterocycles. The number of rotatable bonds is 0. The van der Waals surface area contributed by atoms with E-state index in [0.29, 0.717) is 49.3 Å². The van der Waals surface area contributed by atoms with Crippen molar-refractivity contribution in [1.82, 2.24) is 42.5 Å². The van der Waals surface area contributed by atoms with Crippen LogP contribution in [0.25, 0.3) is 0 Å². The third-order valence-corrected chi connectivity index (χ3v) is 13.8. The second-order valence-electron chi connectivity index (χ2n) is 17.8. The first-order valence-electron chi connectivity index (χ1n) is 20.5. The van der Waals surface area contributed by atoms with Gasteiger partial charge in [0, 0.05) is 0 Å². The van der Waals surface area contributed by atoms with Gasteiger partial charge in [-0.2, -0.15) is 27.7 Å². The summed E-state index contributed by atoms with van der Waals surface area (Å²) in [5, 5.41) is 33.8. The van der Waals surface area contributed by atoms with Crippen LogP contribution in [-0.2, 0) is 17.1 Å². The summed E-state index contributed by atoms with van der Waals surface area (Å²) in [5.74, 6) is 5.97. The van der Waals surface area contributed by atoms with Crippen molar-refractivity contribution < 1.29 is 17.1 Å². The van der Waals surface area contributed by atoms with Gasteiger partial charge in [0.05, 0.1) is 49.3 Å². The van der Waals surface area contributed by atoms with Gasteiger partial charge in [0.25, 0.3) is 0 Å². The molecule has 9 rings (SSSR count). The van der Waals surface area contributed by atoms with Crippen molar-refractivity contribution in [1.29, 1.82) is 0 Å². The molecule has 285 valence electrons. The van der Waals surface area contributed by atoms with E-state index in [0.717, 1.165) is 59.4 Å². The zero-order valence-electron chi connectivity index (χ0n) is 31.0. The number of fused-ring (bicyclic) bond motifs is 20. The topological polar surface area (TPSA) is 148 Å². The van der Waals surface area contributed by atoms with E-state index in [1.807, 2.05) is 27.7 Å². The monoisotopic (exact) mass is 732 g/mol. The van der Waals surface area contributed by atoms with Gasteiger partial charge in [-0.3, -0.25) is 54.6 Å². The third kappa shape index (κ3) is 8.76. The minimum Gasteiger partial charge on any atom is -0.481 e. The second kappa shape index (κ2) is 17.5. The fourth-order valence-electron chi connectivity index (χ4n) is 12.0. The molecule has 11 heteroatoms. The Kier molecular flexibility index (Phi) is 13.9. The molecule has 1 radical (unpaired) electrons. The summed E-state index contributed by atoms with van der Waals surface area (Å²) in [5.41, 5.74) is 10.1. The molecular weight excluding hydrogens is 660 g/mol. The van der Waals surface area contributed by atoms with Crippen molar-refractivity contribution in [3.63, 3.8) is 0 Å². The van der Waals surface area contributed by atoms with Gasteiger partial charge < -0.3 is 11.5 Å². The quantitative estimate of drug-likeness (QED) is 0.132. The molecule has 9 fully saturated rings. The number of nitrogens with one attached hydrogen (secondary N) is 8. The van der Waals surface area contributed by atoms with Crippen LogP contribution in [-0.4, -0.2) is 49.3 Å². The molecule has 4 aliphatic carbocycles. The molecule has 5 aliphatic heterocycles. The Balaban J connectivity index is 0.000000422. The molecule has 0 spiro atoms. The SMILES string of the molecule is C1CCC2C3NC(NC4NC(NC5NC(NC6NC(N3)C3CCCCC63)C3CCCCC53)C3CCCCC43)C2C1.C[C-](C)N.C[C-](C)N.[Cu+2]. The average Bonchev–Trinajstić information content (AvgIpc) is 3.80. The molecule has 12 N–H and O–H groups in total. The number of hydrogen-bond acceptors (Lipinski definition) is 10. The summed E-state index contributed by atoms with van der Waals surface area (Å²) in [4.78, 5) is 0. The first kappa shape index (κ1) is 38.8. The van der Waals surface area contributed by atoms with Crippen molar-refractivity contribution in [2.45, 2.75) is 180 Å². The Morgan fingerprint density at radius 2 is 0.408 bits per heavy atom. The molecule has 10 nitrogen and oxygen atoms in total. The first-order chi connectivity index (χ1) is 23.3. The molecular formula is C38H72CuN10. The van der Waals surface area contributed by atoms with Gasteiger partial charge in [-0.05, 0) is 98.7 Å². The van der Waals surface area contributed by atoms with Gasteiger partial charge in [-0.15, -0.1) is 0 Å². The first-order valence-corrected chi connectivity index (χ1v) is 20.5. The molecule has 0 amide bonds.